The average molecular weight is 347 g/mol. The zero-order valence-electron chi connectivity index (χ0n) is 14.5. The van der Waals surface area contributed by atoms with Gasteiger partial charge >= 0.3 is 0 Å². The number of hydrogen-bond acceptors (Lipinski definition) is 3. The van der Waals surface area contributed by atoms with E-state index in [1.54, 1.807) is 0 Å². The zero-order valence-corrected chi connectivity index (χ0v) is 15.3. The van der Waals surface area contributed by atoms with Gasteiger partial charge in [-0.2, -0.15) is 0 Å². The molecule has 0 fully saturated rings. The monoisotopic (exact) mass is 347 g/mol. The molecule has 1 aliphatic carbocycles. The Bertz CT molecular complexity index is 849. The maximum atomic E-state index is 12.4. The first-order valence-corrected chi connectivity index (χ1v) is 10.4. The molecule has 3 rings (SSSR count). The number of allylic oxidation sites excluding steroid dienone is 2. The Kier molecular flexibility index (Phi) is 4.72. The first kappa shape index (κ1) is 17.1. The smallest absolute Gasteiger partial charge is 0.234 e. The molecule has 130 valence electrons. The third-order valence-electron chi connectivity index (χ3n) is 4.40. The number of anilines is 1. The van der Waals surface area contributed by atoms with Crippen LogP contribution in [-0.2, 0) is 10.0 Å². The molecule has 0 saturated heterocycles. The lowest BCUT2D eigenvalue weighted by molar-refractivity contribution is 0.547. The van der Waals surface area contributed by atoms with Crippen molar-refractivity contribution in [2.75, 3.05) is 17.1 Å². The van der Waals surface area contributed by atoms with Crippen LogP contribution in [0.25, 0.3) is 11.0 Å². The number of furan rings is 1. The lowest BCUT2D eigenvalue weighted by Gasteiger charge is -2.25. The van der Waals surface area contributed by atoms with Crippen LogP contribution < -0.4 is 4.31 Å². The molecule has 1 heterocycles. The van der Waals surface area contributed by atoms with Crippen molar-refractivity contribution in [2.45, 2.75) is 39.0 Å². The number of hydrogen-bond donors (Lipinski definition) is 0. The highest BCUT2D eigenvalue weighted by Gasteiger charge is 2.30. The summed E-state index contributed by atoms with van der Waals surface area (Å²) in [6.45, 7) is 4.45. The highest BCUT2D eigenvalue weighted by Crippen LogP contribution is 2.42. The van der Waals surface area contributed by atoms with Gasteiger partial charge in [0.15, 0.2) is 0 Å². The second-order valence-electron chi connectivity index (χ2n) is 6.97. The molecule has 1 aliphatic rings. The summed E-state index contributed by atoms with van der Waals surface area (Å²) in [7, 11) is -3.41. The van der Waals surface area contributed by atoms with E-state index in [0.29, 0.717) is 12.4 Å². The highest BCUT2D eigenvalue weighted by molar-refractivity contribution is 7.92. The molecule has 24 heavy (non-hydrogen) atoms. The third-order valence-corrected chi connectivity index (χ3v) is 5.51. The second kappa shape index (κ2) is 6.63. The molecule has 1 aromatic carbocycles. The van der Waals surface area contributed by atoms with Crippen molar-refractivity contribution in [3.05, 3.63) is 42.0 Å². The molecule has 5 heteroatoms. The van der Waals surface area contributed by atoms with Crippen molar-refractivity contribution in [1.29, 1.82) is 0 Å². The Morgan fingerprint density at radius 1 is 1.29 bits per heavy atom. The second-order valence-corrected chi connectivity index (χ2v) is 8.88. The maximum absolute atomic E-state index is 12.4. The van der Waals surface area contributed by atoms with Gasteiger partial charge in [-0.15, -0.1) is 0 Å². The largest absolute Gasteiger partial charge is 0.439 e. The summed E-state index contributed by atoms with van der Waals surface area (Å²) < 4.78 is 32.3. The minimum atomic E-state index is -3.41. The van der Waals surface area contributed by atoms with Crippen LogP contribution in [0, 0.1) is 5.92 Å². The van der Waals surface area contributed by atoms with Gasteiger partial charge in [-0.3, -0.25) is 0 Å². The molecule has 0 amide bonds. The van der Waals surface area contributed by atoms with Gasteiger partial charge in [-0.25, -0.2) is 12.7 Å². The number of benzene rings is 1. The summed E-state index contributed by atoms with van der Waals surface area (Å²) in [6, 6.07) is 7.83. The fraction of sp³-hybridized carbons (Fsp3) is 0.474. The van der Waals surface area contributed by atoms with Crippen molar-refractivity contribution in [2.24, 2.45) is 5.92 Å². The Balaban J connectivity index is 2.22. The van der Waals surface area contributed by atoms with Crippen LogP contribution in [0.5, 0.6) is 0 Å². The van der Waals surface area contributed by atoms with E-state index >= 15 is 0 Å². The fourth-order valence-corrected chi connectivity index (χ4v) is 4.36. The molecule has 4 nitrogen and oxygen atoms in total. The summed E-state index contributed by atoms with van der Waals surface area (Å²) in [5.41, 5.74) is 1.76. The summed E-state index contributed by atoms with van der Waals surface area (Å²) in [6.07, 6.45) is 8.86. The molecule has 0 aliphatic heterocycles. The van der Waals surface area contributed by atoms with Gasteiger partial charge in [0.1, 0.15) is 5.58 Å². The average Bonchev–Trinajstić information content (AvgIpc) is 2.91. The molecular weight excluding hydrogens is 322 g/mol. The Morgan fingerprint density at radius 3 is 2.67 bits per heavy atom. The first-order chi connectivity index (χ1) is 11.4. The quantitative estimate of drug-likeness (QED) is 0.738. The zero-order chi connectivity index (χ0) is 17.3. The van der Waals surface area contributed by atoms with Crippen LogP contribution in [0.3, 0.4) is 0 Å². The Morgan fingerprint density at radius 2 is 2.04 bits per heavy atom. The molecule has 1 atom stereocenters. The van der Waals surface area contributed by atoms with Crippen LogP contribution in [-0.4, -0.2) is 21.2 Å². The van der Waals surface area contributed by atoms with E-state index in [4.69, 9.17) is 4.42 Å². The predicted octanol–water partition coefficient (Wildman–Crippen LogP) is 4.68. The van der Waals surface area contributed by atoms with Crippen LogP contribution >= 0.6 is 0 Å². The van der Waals surface area contributed by atoms with E-state index in [9.17, 15) is 8.42 Å². The third kappa shape index (κ3) is 3.36. The summed E-state index contributed by atoms with van der Waals surface area (Å²) in [4.78, 5) is 0. The Hall–Kier alpha value is -1.75. The van der Waals surface area contributed by atoms with Crippen LogP contribution in [0.2, 0.25) is 0 Å². The molecule has 2 aromatic rings. The van der Waals surface area contributed by atoms with Crippen LogP contribution in [0.4, 0.5) is 5.88 Å². The summed E-state index contributed by atoms with van der Waals surface area (Å²) in [5, 5.41) is 1.02. The van der Waals surface area contributed by atoms with Crippen LogP contribution in [0.1, 0.15) is 44.6 Å². The van der Waals surface area contributed by atoms with E-state index in [0.717, 1.165) is 35.8 Å². The van der Waals surface area contributed by atoms with E-state index in [-0.39, 0.29) is 11.8 Å². The topological polar surface area (TPSA) is 50.5 Å². The van der Waals surface area contributed by atoms with E-state index < -0.39 is 10.0 Å². The van der Waals surface area contributed by atoms with Crippen molar-refractivity contribution in [1.82, 2.24) is 0 Å². The molecule has 0 radical (unpaired) electrons. The van der Waals surface area contributed by atoms with E-state index in [1.807, 2.05) is 38.1 Å². The van der Waals surface area contributed by atoms with Gasteiger partial charge in [0.25, 0.3) is 0 Å². The molecule has 1 aromatic heterocycles. The van der Waals surface area contributed by atoms with Crippen molar-refractivity contribution in [3.63, 3.8) is 0 Å². The van der Waals surface area contributed by atoms with Gasteiger partial charge in [0.05, 0.1) is 6.26 Å². The lowest BCUT2D eigenvalue weighted by atomic mass is 9.88. The SMILES string of the molecule is CC(C)CN(c1oc2ccccc2c1C1C=CCCC1)S(C)(=O)=O. The van der Waals surface area contributed by atoms with Gasteiger partial charge in [-0.1, -0.05) is 44.2 Å². The van der Waals surface area contributed by atoms with E-state index in [1.165, 1.54) is 10.6 Å². The number of para-hydroxylation sites is 1. The molecule has 0 spiro atoms. The molecule has 1 unspecified atom stereocenters. The molecule has 0 bridgehead atoms. The van der Waals surface area contributed by atoms with Crippen molar-refractivity contribution in [3.8, 4) is 0 Å². The number of sulfonamides is 1. The van der Waals surface area contributed by atoms with Gasteiger partial charge in [0.2, 0.25) is 15.9 Å². The summed E-state index contributed by atoms with van der Waals surface area (Å²) >= 11 is 0. The summed E-state index contributed by atoms with van der Waals surface area (Å²) in [5.74, 6) is 0.903. The fourth-order valence-electron chi connectivity index (χ4n) is 3.35. The number of fused-ring (bicyclic) bond motifs is 1. The standard InChI is InChI=1S/C19H25NO3S/c1-14(2)13-20(24(3,21)22)19-18(15-9-5-4-6-10-15)16-11-7-8-12-17(16)23-19/h5,7-9,11-12,14-15H,4,6,10,13H2,1-3H3. The van der Waals surface area contributed by atoms with Gasteiger partial charge < -0.3 is 4.42 Å². The van der Waals surface area contributed by atoms with Crippen LogP contribution in [0.15, 0.2) is 40.8 Å². The maximum Gasteiger partial charge on any atom is 0.234 e. The first-order valence-electron chi connectivity index (χ1n) is 8.53. The number of nitrogens with zero attached hydrogens (tertiary/aromatic N) is 1. The minimum Gasteiger partial charge on any atom is -0.439 e. The predicted molar refractivity (Wildman–Crippen MR) is 99.0 cm³/mol. The van der Waals surface area contributed by atoms with Crippen molar-refractivity contribution < 1.29 is 12.8 Å². The lowest BCUT2D eigenvalue weighted by Crippen LogP contribution is -2.33. The molecule has 0 N–H and O–H groups in total. The normalized spacial score (nSPS) is 18.4. The Labute approximate surface area is 144 Å². The number of rotatable bonds is 5. The molecule has 0 saturated carbocycles. The minimum absolute atomic E-state index is 0.203. The highest BCUT2D eigenvalue weighted by atomic mass is 32.2. The molecular formula is C19H25NO3S. The van der Waals surface area contributed by atoms with E-state index in [2.05, 4.69) is 12.2 Å². The van der Waals surface area contributed by atoms with Crippen molar-refractivity contribution >= 4 is 26.9 Å². The van der Waals surface area contributed by atoms with Gasteiger partial charge in [-0.05, 0) is 31.2 Å². The van der Waals surface area contributed by atoms with Gasteiger partial charge in [0, 0.05) is 23.4 Å².